The second-order valence-electron chi connectivity index (χ2n) is 15.9. The number of carbonyl (C=O) groups is 1. The van der Waals surface area contributed by atoms with E-state index in [4.69, 9.17) is 9.47 Å². The topological polar surface area (TPSA) is 59.0 Å². The number of carboxylic acids is 1. The zero-order chi connectivity index (χ0) is 40.0. The number of rotatable bonds is 38. The number of aryl methyl sites for hydroxylation is 1. The molecule has 0 heterocycles. The van der Waals surface area contributed by atoms with Gasteiger partial charge in [-0.05, 0) is 141 Å². The summed E-state index contributed by atoms with van der Waals surface area (Å²) in [5, 5.41) is 10.1. The van der Waals surface area contributed by atoms with Crippen molar-refractivity contribution in [2.45, 2.75) is 188 Å². The Morgan fingerprint density at radius 2 is 1.02 bits per heavy atom. The van der Waals surface area contributed by atoms with Crippen molar-refractivity contribution < 1.29 is 19.4 Å². The maximum Gasteiger partial charge on any atom is 0.306 e. The molecule has 1 atom stereocenters. The number of ether oxygens (including phenoxy) is 2. The third kappa shape index (κ3) is 30.1. The molecule has 0 saturated heterocycles. The number of hydrogen-bond donors (Lipinski definition) is 1. The van der Waals surface area contributed by atoms with Crippen LogP contribution in [0.3, 0.4) is 0 Å². The van der Waals surface area contributed by atoms with Crippen LogP contribution in [0, 0.1) is 12.8 Å². The third-order valence-corrected chi connectivity index (χ3v) is 10.3. The molecule has 0 aliphatic rings. The minimum absolute atomic E-state index is 0.448. The predicted octanol–water partition coefficient (Wildman–Crippen LogP) is 14.6. The number of carboxylic acid groups (broad SMARTS) is 1. The lowest BCUT2D eigenvalue weighted by Gasteiger charge is -2.20. The summed E-state index contributed by atoms with van der Waals surface area (Å²) < 4.78 is 12.7. The number of hydrogen-bond acceptors (Lipinski definition) is 4. The quantitative estimate of drug-likeness (QED) is 0.0537. The molecule has 0 aliphatic carbocycles. The lowest BCUT2D eigenvalue weighted by molar-refractivity contribution is -0.142. The van der Waals surface area contributed by atoms with Crippen molar-refractivity contribution in [3.05, 3.63) is 71.9 Å². The minimum Gasteiger partial charge on any atom is -0.493 e. The smallest absolute Gasteiger partial charge is 0.306 e. The van der Waals surface area contributed by atoms with Gasteiger partial charge in [0.15, 0.2) is 0 Å². The van der Waals surface area contributed by atoms with Crippen LogP contribution in [0.1, 0.15) is 185 Å². The summed E-state index contributed by atoms with van der Waals surface area (Å²) in [5.74, 6) is 0.463. The van der Waals surface area contributed by atoms with Crippen molar-refractivity contribution in [1.82, 2.24) is 4.90 Å². The largest absolute Gasteiger partial charge is 0.493 e. The molecule has 0 radical (unpaired) electrons. The Morgan fingerprint density at radius 1 is 0.600 bits per heavy atom. The molecule has 0 saturated carbocycles. The van der Waals surface area contributed by atoms with Gasteiger partial charge < -0.3 is 19.5 Å². The molecule has 0 bridgehead atoms. The molecule has 55 heavy (non-hydrogen) atoms. The molecular formula is C50H85NO4. The molecule has 0 aliphatic heterocycles. The van der Waals surface area contributed by atoms with Crippen LogP contribution in [0.2, 0.25) is 0 Å². The first-order valence-electron chi connectivity index (χ1n) is 22.8. The Hall–Kier alpha value is -2.79. The first kappa shape index (κ1) is 50.2. The average molecular weight is 764 g/mol. The van der Waals surface area contributed by atoms with E-state index in [9.17, 15) is 9.90 Å². The molecule has 5 heteroatoms. The second kappa shape index (κ2) is 36.8. The van der Waals surface area contributed by atoms with Crippen LogP contribution < -0.4 is 9.47 Å². The Bertz CT molecular complexity index is 1170. The maximum atomic E-state index is 12.2. The average Bonchev–Trinajstić information content (AvgIpc) is 3.16. The molecule has 314 valence electrons. The summed E-state index contributed by atoms with van der Waals surface area (Å²) in [5.41, 5.74) is 2.00. The fourth-order valence-corrected chi connectivity index (χ4v) is 6.69. The highest BCUT2D eigenvalue weighted by Crippen LogP contribution is 2.32. The fourth-order valence-electron chi connectivity index (χ4n) is 6.69. The lowest BCUT2D eigenvalue weighted by Crippen LogP contribution is -2.23. The van der Waals surface area contributed by atoms with E-state index < -0.39 is 11.9 Å². The van der Waals surface area contributed by atoms with E-state index in [-0.39, 0.29) is 0 Å². The summed E-state index contributed by atoms with van der Waals surface area (Å²) in [6, 6.07) is 4.13. The van der Waals surface area contributed by atoms with Crippen LogP contribution in [0.4, 0.5) is 0 Å². The summed E-state index contributed by atoms with van der Waals surface area (Å²) in [6.07, 6.45) is 48.9. The SMILES string of the molecule is CCCCC/C=C\C/C=C\CCCCCCCCOc1cc(CC(CCN(C)C)C(=O)O)c(OCCCCCCCC/C=C\C/C=C\CCCCC)cc1C. The summed E-state index contributed by atoms with van der Waals surface area (Å²) in [6.45, 7) is 8.66. The molecule has 0 amide bonds. The van der Waals surface area contributed by atoms with E-state index >= 15 is 0 Å². The molecule has 1 N–H and O–H groups in total. The Kier molecular flexibility index (Phi) is 33.6. The van der Waals surface area contributed by atoms with Gasteiger partial charge in [0.25, 0.3) is 0 Å². The van der Waals surface area contributed by atoms with Gasteiger partial charge in [0.05, 0.1) is 19.1 Å². The van der Waals surface area contributed by atoms with E-state index in [2.05, 4.69) is 86.4 Å². The van der Waals surface area contributed by atoms with Gasteiger partial charge >= 0.3 is 5.97 Å². The molecule has 1 rings (SSSR count). The molecular weight excluding hydrogens is 679 g/mol. The van der Waals surface area contributed by atoms with Gasteiger partial charge in [-0.15, -0.1) is 0 Å². The van der Waals surface area contributed by atoms with Gasteiger partial charge in [-0.25, -0.2) is 0 Å². The van der Waals surface area contributed by atoms with E-state index in [1.807, 2.05) is 14.1 Å². The molecule has 0 fully saturated rings. The van der Waals surface area contributed by atoms with Crippen molar-refractivity contribution in [2.24, 2.45) is 5.92 Å². The van der Waals surface area contributed by atoms with Crippen LogP contribution in [0.15, 0.2) is 60.7 Å². The van der Waals surface area contributed by atoms with Gasteiger partial charge in [-0.2, -0.15) is 0 Å². The summed E-state index contributed by atoms with van der Waals surface area (Å²) in [4.78, 5) is 14.3. The van der Waals surface area contributed by atoms with Crippen molar-refractivity contribution in [3.8, 4) is 11.5 Å². The van der Waals surface area contributed by atoms with Crippen molar-refractivity contribution in [2.75, 3.05) is 33.9 Å². The van der Waals surface area contributed by atoms with Crippen LogP contribution >= 0.6 is 0 Å². The molecule has 0 aromatic heterocycles. The molecule has 1 unspecified atom stereocenters. The zero-order valence-corrected chi connectivity index (χ0v) is 36.5. The van der Waals surface area contributed by atoms with Crippen LogP contribution in [0.25, 0.3) is 0 Å². The number of allylic oxidation sites excluding steroid dienone is 8. The number of aliphatic carboxylic acids is 1. The Labute approximate surface area is 340 Å². The number of unbranched alkanes of at least 4 members (excludes halogenated alkanes) is 18. The summed E-state index contributed by atoms with van der Waals surface area (Å²) >= 11 is 0. The highest BCUT2D eigenvalue weighted by molar-refractivity contribution is 5.70. The van der Waals surface area contributed by atoms with Gasteiger partial charge in [-0.3, -0.25) is 4.79 Å². The van der Waals surface area contributed by atoms with Crippen molar-refractivity contribution in [3.63, 3.8) is 0 Å². The minimum atomic E-state index is -0.748. The van der Waals surface area contributed by atoms with E-state index in [0.29, 0.717) is 26.1 Å². The second-order valence-corrected chi connectivity index (χ2v) is 15.9. The number of nitrogens with zero attached hydrogens (tertiary/aromatic N) is 1. The highest BCUT2D eigenvalue weighted by Gasteiger charge is 2.21. The molecule has 5 nitrogen and oxygen atoms in total. The van der Waals surface area contributed by atoms with Gasteiger partial charge in [0.2, 0.25) is 0 Å². The monoisotopic (exact) mass is 764 g/mol. The molecule has 1 aromatic carbocycles. The Balaban J connectivity index is 2.44. The zero-order valence-electron chi connectivity index (χ0n) is 36.5. The van der Waals surface area contributed by atoms with Crippen LogP contribution in [-0.2, 0) is 11.2 Å². The van der Waals surface area contributed by atoms with E-state index in [1.54, 1.807) is 0 Å². The first-order chi connectivity index (χ1) is 26.9. The summed E-state index contributed by atoms with van der Waals surface area (Å²) in [7, 11) is 3.98. The van der Waals surface area contributed by atoms with Gasteiger partial charge in [0.1, 0.15) is 11.5 Å². The third-order valence-electron chi connectivity index (χ3n) is 10.3. The lowest BCUT2D eigenvalue weighted by atomic mass is 9.94. The maximum absolute atomic E-state index is 12.2. The highest BCUT2D eigenvalue weighted by atomic mass is 16.5. The van der Waals surface area contributed by atoms with Crippen molar-refractivity contribution >= 4 is 5.97 Å². The van der Waals surface area contributed by atoms with Crippen LogP contribution in [-0.4, -0.2) is 49.8 Å². The van der Waals surface area contributed by atoms with Gasteiger partial charge in [0, 0.05) is 0 Å². The predicted molar refractivity (Wildman–Crippen MR) is 239 cm³/mol. The van der Waals surface area contributed by atoms with E-state index in [0.717, 1.165) is 61.3 Å². The Morgan fingerprint density at radius 3 is 1.45 bits per heavy atom. The fraction of sp³-hybridized carbons (Fsp3) is 0.700. The number of benzene rings is 1. The first-order valence-corrected chi connectivity index (χ1v) is 22.8. The van der Waals surface area contributed by atoms with E-state index in [1.165, 1.54) is 122 Å². The molecule has 0 spiro atoms. The standard InChI is InChI=1S/C50H85NO4/c1-6-8-10-12-14-16-18-20-22-24-26-28-30-32-34-36-40-54-48-44-47(43-46(50(52)53)38-39-51(4)5)49(42-45(48)3)55-41-37-35-33-31-29-27-25-23-21-19-17-15-13-11-9-7-2/h14-17,20-23,42,44,46H,6-13,18-19,24-41,43H2,1-5H3,(H,52,53)/b16-14-,17-15-,22-20-,23-21-. The van der Waals surface area contributed by atoms with Crippen LogP contribution in [0.5, 0.6) is 11.5 Å². The molecule has 1 aromatic rings. The normalized spacial score (nSPS) is 12.7. The van der Waals surface area contributed by atoms with Crippen molar-refractivity contribution in [1.29, 1.82) is 0 Å². The van der Waals surface area contributed by atoms with Gasteiger partial charge in [-0.1, -0.05) is 140 Å².